The van der Waals surface area contributed by atoms with Crippen LogP contribution in [0.3, 0.4) is 0 Å². The summed E-state index contributed by atoms with van der Waals surface area (Å²) < 4.78 is 40.5. The predicted octanol–water partition coefficient (Wildman–Crippen LogP) is -2.91. The fourth-order valence-electron chi connectivity index (χ4n) is 1.97. The van der Waals surface area contributed by atoms with Crippen LogP contribution >= 0.6 is 0 Å². The molecule has 98 valence electrons. The van der Waals surface area contributed by atoms with Crippen LogP contribution in [0.2, 0.25) is 0 Å². The summed E-state index contributed by atoms with van der Waals surface area (Å²) in [5.41, 5.74) is 0. The maximum Gasteiger partial charge on any atom is 0.651 e. The van der Waals surface area contributed by atoms with Gasteiger partial charge in [-0.25, -0.2) is 0 Å². The molecule has 6 saturated heterocycles. The fraction of sp³-hybridized carbons (Fsp3) is 1.00. The summed E-state index contributed by atoms with van der Waals surface area (Å²) in [6.07, 6.45) is 0. The Hall–Kier alpha value is -0.270. The first-order valence-electron chi connectivity index (χ1n) is 5.27. The first-order chi connectivity index (χ1) is 8.59. The van der Waals surface area contributed by atoms with E-state index in [1.54, 1.807) is 0 Å². The molecule has 6 heterocycles. The second-order valence-electron chi connectivity index (χ2n) is 3.98. The zero-order valence-corrected chi connectivity index (χ0v) is 8.94. The van der Waals surface area contributed by atoms with Crippen LogP contribution in [0.4, 0.5) is 0 Å². The van der Waals surface area contributed by atoms with Gasteiger partial charge < -0.3 is 42.9 Å². The highest BCUT2D eigenvalue weighted by Crippen LogP contribution is 2.55. The molecule has 0 aromatic rings. The van der Waals surface area contributed by atoms with Gasteiger partial charge in [0.25, 0.3) is 5.97 Å². The molecule has 1 unspecified atom stereocenters. The Kier molecular flexibility index (Phi) is 2.20. The lowest BCUT2D eigenvalue weighted by Gasteiger charge is -2.54. The number of rotatable bonds is 4. The normalized spacial score (nSPS) is 48.3. The van der Waals surface area contributed by atoms with E-state index < -0.39 is 32.6 Å². The minimum Gasteiger partial charge on any atom is -0.394 e. The number of ether oxygens (including phenoxy) is 2. The average Bonchev–Trinajstić information content (AvgIpc) is 2.63. The van der Waals surface area contributed by atoms with Crippen LogP contribution in [0.25, 0.3) is 0 Å². The lowest BCUT2D eigenvalue weighted by Crippen LogP contribution is -2.77. The van der Waals surface area contributed by atoms with Crippen LogP contribution < -0.4 is 0 Å². The Morgan fingerprint density at radius 2 is 1.67 bits per heavy atom. The third-order valence-electron chi connectivity index (χ3n) is 2.76. The maximum atomic E-state index is 9.85. The molecule has 12 heteroatoms. The summed E-state index contributed by atoms with van der Waals surface area (Å²) in [5.74, 6) is -5.68. The number of aliphatic hydroxyl groups excluding tert-OH is 1. The van der Waals surface area contributed by atoms with Crippen molar-refractivity contribution in [3.63, 3.8) is 0 Å². The van der Waals surface area contributed by atoms with Crippen molar-refractivity contribution in [3.8, 4) is 0 Å². The molecule has 0 aromatic heterocycles. The third-order valence-corrected chi connectivity index (χ3v) is 2.76. The zero-order chi connectivity index (χ0) is 12.4. The van der Waals surface area contributed by atoms with E-state index in [1.807, 2.05) is 0 Å². The van der Waals surface area contributed by atoms with Crippen molar-refractivity contribution in [1.29, 1.82) is 0 Å². The molecule has 6 rings (SSSR count). The molecular formula is C6H8B2O10. The van der Waals surface area contributed by atoms with Gasteiger partial charge in [0.1, 0.15) is 6.61 Å². The molecule has 0 amide bonds. The Bertz CT molecular complexity index is 367. The molecular weight excluding hydrogens is 254 g/mol. The molecule has 6 fully saturated rings. The van der Waals surface area contributed by atoms with Gasteiger partial charge in [-0.05, 0) is 0 Å². The molecule has 0 saturated carbocycles. The number of hydrogen-bond donors (Lipinski definition) is 2. The second kappa shape index (κ2) is 3.43. The molecule has 6 aliphatic rings. The highest BCUT2D eigenvalue weighted by atomic mass is 17.2. The molecule has 0 aromatic carbocycles. The van der Waals surface area contributed by atoms with Crippen LogP contribution in [0.15, 0.2) is 0 Å². The van der Waals surface area contributed by atoms with E-state index in [1.165, 1.54) is 0 Å². The lowest BCUT2D eigenvalue weighted by atomic mass is 10.1. The van der Waals surface area contributed by atoms with Gasteiger partial charge in [0.05, 0.1) is 13.2 Å². The van der Waals surface area contributed by atoms with Gasteiger partial charge in [-0.2, -0.15) is 0 Å². The zero-order valence-electron chi connectivity index (χ0n) is 8.94. The van der Waals surface area contributed by atoms with E-state index in [2.05, 4.69) is 0 Å². The summed E-state index contributed by atoms with van der Waals surface area (Å²) in [6, 6.07) is 0. The van der Waals surface area contributed by atoms with Crippen LogP contribution in [0.5, 0.6) is 0 Å². The minimum absolute atomic E-state index is 0.0805. The van der Waals surface area contributed by atoms with Crippen LogP contribution in [-0.2, 0) is 37.4 Å². The van der Waals surface area contributed by atoms with E-state index in [-0.39, 0.29) is 19.8 Å². The largest absolute Gasteiger partial charge is 0.651 e. The van der Waals surface area contributed by atoms with Crippen molar-refractivity contribution in [2.24, 2.45) is 0 Å². The van der Waals surface area contributed by atoms with Gasteiger partial charge in [-0.15, -0.1) is 0 Å². The van der Waals surface area contributed by atoms with Gasteiger partial charge in [0, 0.05) is 0 Å². The highest BCUT2D eigenvalue weighted by Gasteiger charge is 2.85. The quantitative estimate of drug-likeness (QED) is 0.403. The van der Waals surface area contributed by atoms with E-state index in [9.17, 15) is 5.11 Å². The molecule has 0 radical (unpaired) electrons. The molecule has 4 bridgehead atoms. The Morgan fingerprint density at radius 1 is 1.00 bits per heavy atom. The topological polar surface area (TPSA) is 114 Å². The van der Waals surface area contributed by atoms with Crippen LogP contribution in [-0.4, -0.2) is 62.6 Å². The molecule has 1 atom stereocenters. The average molecular weight is 262 g/mol. The first kappa shape index (κ1) is 11.5. The van der Waals surface area contributed by atoms with Crippen molar-refractivity contribution in [2.75, 3.05) is 19.8 Å². The SMILES string of the molecule is OCCOCC12OB(O1)OC1(OB3OC1(O)O3)O2. The smallest absolute Gasteiger partial charge is 0.394 e. The summed E-state index contributed by atoms with van der Waals surface area (Å²) in [6.45, 7) is -0.216. The van der Waals surface area contributed by atoms with Gasteiger partial charge in [-0.1, -0.05) is 0 Å². The van der Waals surface area contributed by atoms with Crippen LogP contribution in [0.1, 0.15) is 0 Å². The number of hydrogen-bond acceptors (Lipinski definition) is 10. The van der Waals surface area contributed by atoms with E-state index in [4.69, 9.17) is 42.5 Å². The first-order valence-corrected chi connectivity index (χ1v) is 5.27. The minimum atomic E-state index is -2.15. The second-order valence-corrected chi connectivity index (χ2v) is 3.98. The van der Waals surface area contributed by atoms with Crippen LogP contribution in [0, 0.1) is 0 Å². The molecule has 1 spiro atoms. The molecule has 2 N–H and O–H groups in total. The Morgan fingerprint density at radius 3 is 2.22 bits per heavy atom. The van der Waals surface area contributed by atoms with Crippen molar-refractivity contribution in [2.45, 2.75) is 17.9 Å². The van der Waals surface area contributed by atoms with Crippen molar-refractivity contribution in [3.05, 3.63) is 0 Å². The third kappa shape index (κ3) is 1.33. The maximum absolute atomic E-state index is 9.85. The molecule has 18 heavy (non-hydrogen) atoms. The summed E-state index contributed by atoms with van der Waals surface area (Å²) >= 11 is 0. The van der Waals surface area contributed by atoms with Crippen molar-refractivity contribution < 1.29 is 47.6 Å². The van der Waals surface area contributed by atoms with Gasteiger partial charge >= 0.3 is 26.6 Å². The van der Waals surface area contributed by atoms with Gasteiger partial charge in [0.2, 0.25) is 0 Å². The lowest BCUT2D eigenvalue weighted by molar-refractivity contribution is -0.582. The standard InChI is InChI=1S/C6H8B2O10/c9-1-2-11-3-4-12-6(17-7(13-4)14-4)5(10)15-8(16-5)18-6/h9-10H,1-3H2. The van der Waals surface area contributed by atoms with Gasteiger partial charge in [0.15, 0.2) is 0 Å². The van der Waals surface area contributed by atoms with E-state index >= 15 is 0 Å². The van der Waals surface area contributed by atoms with Crippen molar-refractivity contribution >= 4 is 14.6 Å². The number of aliphatic hydroxyl groups is 2. The summed E-state index contributed by atoms with van der Waals surface area (Å²) in [7, 11) is -2.13. The molecule has 10 nitrogen and oxygen atoms in total. The highest BCUT2D eigenvalue weighted by molar-refractivity contribution is 6.42. The molecule has 0 aliphatic carbocycles. The van der Waals surface area contributed by atoms with E-state index in [0.29, 0.717) is 0 Å². The monoisotopic (exact) mass is 262 g/mol. The van der Waals surface area contributed by atoms with Crippen molar-refractivity contribution in [1.82, 2.24) is 0 Å². The Labute approximate surface area is 101 Å². The summed E-state index contributed by atoms with van der Waals surface area (Å²) in [4.78, 5) is 0. The van der Waals surface area contributed by atoms with Gasteiger partial charge in [-0.3, -0.25) is 4.74 Å². The fourth-order valence-corrected chi connectivity index (χ4v) is 1.97. The molecule has 6 aliphatic heterocycles. The summed E-state index contributed by atoms with van der Waals surface area (Å²) in [5, 5.41) is 18.5. The Balaban J connectivity index is 1.49. The van der Waals surface area contributed by atoms with E-state index in [0.717, 1.165) is 0 Å². The predicted molar refractivity (Wildman–Crippen MR) is 47.4 cm³/mol.